The second-order valence-corrected chi connectivity index (χ2v) is 3.32. The summed E-state index contributed by atoms with van der Waals surface area (Å²) >= 11 is 0. The maximum Gasteiger partial charge on any atom is 0.170 e. The third-order valence-corrected chi connectivity index (χ3v) is 2.34. The number of Topliss-reactive ketones (excluding diaryl/α,β-unsaturated/α-hetero) is 1. The average Bonchev–Trinajstić information content (AvgIpc) is 2.19. The Morgan fingerprint density at radius 2 is 1.79 bits per heavy atom. The molecule has 70 valence electrons. The van der Waals surface area contributed by atoms with Gasteiger partial charge in [0.05, 0.1) is 0 Å². The Kier molecular flexibility index (Phi) is 2.27. The van der Waals surface area contributed by atoms with Crippen molar-refractivity contribution >= 4 is 11.6 Å². The molecule has 2 heteroatoms. The normalized spacial score (nSPS) is 21.3. The number of ketones is 2. The molecule has 0 N–H and O–H groups in total. The van der Waals surface area contributed by atoms with Crippen molar-refractivity contribution in [3.05, 3.63) is 48.0 Å². The van der Waals surface area contributed by atoms with Gasteiger partial charge in [-0.25, -0.2) is 0 Å². The van der Waals surface area contributed by atoms with E-state index in [1.807, 2.05) is 30.3 Å². The molecule has 2 nitrogen and oxygen atoms in total. The summed E-state index contributed by atoms with van der Waals surface area (Å²) in [6.07, 6.45) is 3.49. The average molecular weight is 186 g/mol. The summed E-state index contributed by atoms with van der Waals surface area (Å²) in [5.74, 6) is -0.683. The highest BCUT2D eigenvalue weighted by Gasteiger charge is 2.27. The molecule has 0 bridgehead atoms. The molecule has 0 fully saturated rings. The third kappa shape index (κ3) is 1.51. The Hall–Kier alpha value is -1.70. The lowest BCUT2D eigenvalue weighted by atomic mass is 9.86. The Balaban J connectivity index is 2.38. The van der Waals surface area contributed by atoms with Crippen molar-refractivity contribution in [2.24, 2.45) is 0 Å². The lowest BCUT2D eigenvalue weighted by molar-refractivity contribution is -0.127. The highest BCUT2D eigenvalue weighted by Crippen LogP contribution is 2.23. The molecule has 1 aromatic carbocycles. The zero-order valence-electron chi connectivity index (χ0n) is 7.64. The number of benzene rings is 1. The van der Waals surface area contributed by atoms with E-state index < -0.39 is 5.92 Å². The van der Waals surface area contributed by atoms with E-state index in [1.54, 1.807) is 6.08 Å². The van der Waals surface area contributed by atoms with E-state index in [0.29, 0.717) is 6.42 Å². The van der Waals surface area contributed by atoms with Crippen molar-refractivity contribution in [2.45, 2.75) is 12.3 Å². The second kappa shape index (κ2) is 3.58. The first-order chi connectivity index (χ1) is 6.79. The van der Waals surface area contributed by atoms with Crippen LogP contribution in [0.25, 0.3) is 0 Å². The second-order valence-electron chi connectivity index (χ2n) is 3.32. The van der Waals surface area contributed by atoms with Crippen LogP contribution in [-0.2, 0) is 9.59 Å². The molecule has 1 unspecified atom stereocenters. The third-order valence-electron chi connectivity index (χ3n) is 2.34. The van der Waals surface area contributed by atoms with E-state index in [0.717, 1.165) is 5.56 Å². The van der Waals surface area contributed by atoms with Gasteiger partial charge in [0.15, 0.2) is 11.6 Å². The Labute approximate surface area is 82.2 Å². The SMILES string of the molecule is O=C1C=CCC(=O)C1c1ccccc1. The van der Waals surface area contributed by atoms with E-state index in [1.165, 1.54) is 6.08 Å². The number of hydrogen-bond donors (Lipinski definition) is 0. The molecule has 0 aromatic heterocycles. The molecule has 2 rings (SSSR count). The number of rotatable bonds is 1. The van der Waals surface area contributed by atoms with Gasteiger partial charge >= 0.3 is 0 Å². The van der Waals surface area contributed by atoms with Crippen LogP contribution in [0.2, 0.25) is 0 Å². The quantitative estimate of drug-likeness (QED) is 0.627. The summed E-state index contributed by atoms with van der Waals surface area (Å²) in [4.78, 5) is 23.0. The summed E-state index contributed by atoms with van der Waals surface area (Å²) < 4.78 is 0. The van der Waals surface area contributed by atoms with Crippen LogP contribution < -0.4 is 0 Å². The summed E-state index contributed by atoms with van der Waals surface area (Å²) in [6.45, 7) is 0. The van der Waals surface area contributed by atoms with E-state index in [-0.39, 0.29) is 11.6 Å². The van der Waals surface area contributed by atoms with Gasteiger partial charge in [-0.1, -0.05) is 36.4 Å². The van der Waals surface area contributed by atoms with E-state index in [4.69, 9.17) is 0 Å². The zero-order valence-corrected chi connectivity index (χ0v) is 7.64. The molecule has 0 aliphatic heterocycles. The molecule has 14 heavy (non-hydrogen) atoms. The summed E-state index contributed by atoms with van der Waals surface area (Å²) in [7, 11) is 0. The Bertz CT molecular complexity index is 390. The van der Waals surface area contributed by atoms with Gasteiger partial charge in [0, 0.05) is 6.42 Å². The number of allylic oxidation sites excluding steroid dienone is 2. The maximum absolute atomic E-state index is 11.5. The summed E-state index contributed by atoms with van der Waals surface area (Å²) in [6, 6.07) is 9.19. The predicted octanol–water partition coefficient (Wildman–Crippen LogP) is 1.87. The minimum absolute atomic E-state index is 0.0105. The molecule has 0 saturated carbocycles. The first-order valence-corrected chi connectivity index (χ1v) is 4.57. The number of carbonyl (C=O) groups is 2. The smallest absolute Gasteiger partial charge is 0.170 e. The van der Waals surface area contributed by atoms with Gasteiger partial charge in [-0.05, 0) is 11.6 Å². The first kappa shape index (κ1) is 8.88. The van der Waals surface area contributed by atoms with Crippen molar-refractivity contribution in [1.29, 1.82) is 0 Å². The fourth-order valence-electron chi connectivity index (χ4n) is 1.66. The molecule has 1 aliphatic carbocycles. The first-order valence-electron chi connectivity index (χ1n) is 4.57. The Morgan fingerprint density at radius 1 is 1.07 bits per heavy atom. The Morgan fingerprint density at radius 3 is 2.43 bits per heavy atom. The fraction of sp³-hybridized carbons (Fsp3) is 0.167. The lowest BCUT2D eigenvalue weighted by Gasteiger charge is -2.15. The topological polar surface area (TPSA) is 34.1 Å². The van der Waals surface area contributed by atoms with Crippen molar-refractivity contribution in [3.63, 3.8) is 0 Å². The molecule has 1 aliphatic rings. The van der Waals surface area contributed by atoms with Gasteiger partial charge in [-0.2, -0.15) is 0 Å². The summed E-state index contributed by atoms with van der Waals surface area (Å²) in [5.41, 5.74) is 0.798. The van der Waals surface area contributed by atoms with Crippen LogP contribution >= 0.6 is 0 Å². The van der Waals surface area contributed by atoms with E-state index >= 15 is 0 Å². The van der Waals surface area contributed by atoms with Crippen LogP contribution in [0.1, 0.15) is 17.9 Å². The number of carbonyl (C=O) groups excluding carboxylic acids is 2. The van der Waals surface area contributed by atoms with Crippen LogP contribution in [0.5, 0.6) is 0 Å². The predicted molar refractivity (Wildman–Crippen MR) is 53.0 cm³/mol. The largest absolute Gasteiger partial charge is 0.298 e. The highest BCUT2D eigenvalue weighted by atomic mass is 16.1. The van der Waals surface area contributed by atoms with Crippen molar-refractivity contribution in [3.8, 4) is 0 Å². The molecule has 0 spiro atoms. The van der Waals surface area contributed by atoms with Crippen LogP contribution in [0.15, 0.2) is 42.5 Å². The van der Waals surface area contributed by atoms with Crippen LogP contribution in [0.4, 0.5) is 0 Å². The van der Waals surface area contributed by atoms with Gasteiger partial charge in [-0.3, -0.25) is 9.59 Å². The van der Waals surface area contributed by atoms with E-state index in [9.17, 15) is 9.59 Å². The fourth-order valence-corrected chi connectivity index (χ4v) is 1.66. The molecular formula is C12H10O2. The van der Waals surface area contributed by atoms with Crippen molar-refractivity contribution < 1.29 is 9.59 Å². The van der Waals surface area contributed by atoms with E-state index in [2.05, 4.69) is 0 Å². The zero-order chi connectivity index (χ0) is 9.97. The molecule has 0 radical (unpaired) electrons. The maximum atomic E-state index is 11.5. The van der Waals surface area contributed by atoms with Crippen LogP contribution in [0.3, 0.4) is 0 Å². The molecule has 0 heterocycles. The van der Waals surface area contributed by atoms with Gasteiger partial charge < -0.3 is 0 Å². The van der Waals surface area contributed by atoms with Crippen LogP contribution in [0, 0.1) is 0 Å². The highest BCUT2D eigenvalue weighted by molar-refractivity contribution is 6.14. The minimum Gasteiger partial charge on any atom is -0.298 e. The summed E-state index contributed by atoms with van der Waals surface area (Å²) in [5, 5.41) is 0. The minimum atomic E-state index is -0.568. The van der Waals surface area contributed by atoms with Crippen LogP contribution in [-0.4, -0.2) is 11.6 Å². The monoisotopic (exact) mass is 186 g/mol. The van der Waals surface area contributed by atoms with Gasteiger partial charge in [0.25, 0.3) is 0 Å². The molecule has 1 aromatic rings. The molecule has 0 saturated heterocycles. The molecule has 1 atom stereocenters. The van der Waals surface area contributed by atoms with Gasteiger partial charge in [-0.15, -0.1) is 0 Å². The lowest BCUT2D eigenvalue weighted by Crippen LogP contribution is -2.22. The standard InChI is InChI=1S/C12H10O2/c13-10-7-4-8-11(14)12(10)9-5-2-1-3-6-9/h1-7,12H,8H2. The van der Waals surface area contributed by atoms with Crippen molar-refractivity contribution in [2.75, 3.05) is 0 Å². The number of hydrogen-bond acceptors (Lipinski definition) is 2. The van der Waals surface area contributed by atoms with Crippen molar-refractivity contribution in [1.82, 2.24) is 0 Å². The molecular weight excluding hydrogens is 176 g/mol. The van der Waals surface area contributed by atoms with Gasteiger partial charge in [0.1, 0.15) is 5.92 Å². The van der Waals surface area contributed by atoms with Gasteiger partial charge in [0.2, 0.25) is 0 Å². The molecule has 0 amide bonds.